The van der Waals surface area contributed by atoms with E-state index in [1.54, 1.807) is 40.0 Å². The minimum atomic E-state index is -0.361. The molecular formula is C44H39ClN10O4. The number of aryl methyl sites for hydroxylation is 2. The van der Waals surface area contributed by atoms with Crippen molar-refractivity contribution in [2.24, 2.45) is 0 Å². The number of hydrogen-bond donors (Lipinski definition) is 2. The summed E-state index contributed by atoms with van der Waals surface area (Å²) in [5.41, 5.74) is 14.6. The van der Waals surface area contributed by atoms with Crippen LogP contribution >= 0.6 is 11.6 Å². The maximum Gasteiger partial charge on any atom is 0.221 e. The molecule has 8 rings (SSSR count). The van der Waals surface area contributed by atoms with E-state index >= 15 is 0 Å². The number of nitrogens with one attached hydrogen (secondary N) is 1. The molecule has 0 aliphatic heterocycles. The van der Waals surface area contributed by atoms with Gasteiger partial charge in [-0.05, 0) is 98.2 Å². The van der Waals surface area contributed by atoms with Gasteiger partial charge in [-0.15, -0.1) is 0 Å². The van der Waals surface area contributed by atoms with Crippen molar-refractivity contribution in [3.05, 3.63) is 132 Å². The van der Waals surface area contributed by atoms with Gasteiger partial charge in [0, 0.05) is 66.7 Å². The molecule has 59 heavy (non-hydrogen) atoms. The van der Waals surface area contributed by atoms with E-state index in [1.807, 2.05) is 92.7 Å². The first-order chi connectivity index (χ1) is 28.2. The molecule has 0 aliphatic rings. The summed E-state index contributed by atoms with van der Waals surface area (Å²) in [6.45, 7) is 9.59. The molecule has 2 aromatic carbocycles. The van der Waals surface area contributed by atoms with Gasteiger partial charge >= 0.3 is 0 Å². The fourth-order valence-electron chi connectivity index (χ4n) is 6.11. The molecule has 0 radical (unpaired) electrons. The average molecular weight is 807 g/mol. The number of Topliss-reactive ketones (excluding diaryl/α,β-unsaturated/α-hetero) is 2. The number of carbonyl (C=O) groups is 4. The predicted molar refractivity (Wildman–Crippen MR) is 229 cm³/mol. The molecule has 0 spiro atoms. The third kappa shape index (κ3) is 9.75. The minimum Gasteiger partial charge on any atom is -0.398 e. The van der Waals surface area contributed by atoms with Crippen LogP contribution in [0.5, 0.6) is 0 Å². The lowest BCUT2D eigenvalue weighted by molar-refractivity contribution is -0.114. The number of nitrogens with two attached hydrogens (primary N) is 1. The van der Waals surface area contributed by atoms with Crippen LogP contribution in [-0.4, -0.2) is 62.2 Å². The van der Waals surface area contributed by atoms with Crippen molar-refractivity contribution in [3.8, 4) is 34.2 Å². The first kappa shape index (κ1) is 41.2. The van der Waals surface area contributed by atoms with Crippen LogP contribution in [0.3, 0.4) is 0 Å². The number of halogens is 1. The van der Waals surface area contributed by atoms with Gasteiger partial charge in [0.25, 0.3) is 0 Å². The molecule has 0 aliphatic carbocycles. The van der Waals surface area contributed by atoms with Crippen LogP contribution in [0.25, 0.3) is 56.0 Å². The Morgan fingerprint density at radius 3 is 1.49 bits per heavy atom. The zero-order chi connectivity index (χ0) is 42.4. The van der Waals surface area contributed by atoms with Gasteiger partial charge in [0.05, 0.1) is 40.5 Å². The van der Waals surface area contributed by atoms with Gasteiger partial charge in [-0.25, -0.2) is 29.3 Å². The van der Waals surface area contributed by atoms with Crippen molar-refractivity contribution in [1.82, 2.24) is 39.5 Å². The van der Waals surface area contributed by atoms with Gasteiger partial charge in [0.15, 0.2) is 23.2 Å². The average Bonchev–Trinajstić information content (AvgIpc) is 3.83. The van der Waals surface area contributed by atoms with Gasteiger partial charge in [0.1, 0.15) is 11.4 Å². The van der Waals surface area contributed by atoms with E-state index in [2.05, 4.69) is 47.1 Å². The van der Waals surface area contributed by atoms with E-state index in [0.717, 1.165) is 50.1 Å². The van der Waals surface area contributed by atoms with Crippen molar-refractivity contribution in [2.75, 3.05) is 11.1 Å². The van der Waals surface area contributed by atoms with E-state index in [9.17, 15) is 19.2 Å². The molecule has 0 bridgehead atoms. The Labute approximate surface area is 344 Å². The zero-order valence-corrected chi connectivity index (χ0v) is 33.8. The Morgan fingerprint density at radius 2 is 1.03 bits per heavy atom. The third-order valence-electron chi connectivity index (χ3n) is 8.71. The monoisotopic (exact) mass is 806 g/mol. The van der Waals surface area contributed by atoms with Crippen molar-refractivity contribution >= 4 is 67.5 Å². The van der Waals surface area contributed by atoms with Crippen LogP contribution in [0.4, 0.5) is 11.4 Å². The Hall–Kier alpha value is -7.45. The number of fused-ring (bicyclic) bond motifs is 2. The molecule has 6 heterocycles. The Balaban J connectivity index is 0.000000183. The highest BCUT2D eigenvalue weighted by Crippen LogP contribution is 2.32. The molecule has 14 nitrogen and oxygen atoms in total. The summed E-state index contributed by atoms with van der Waals surface area (Å²) in [5, 5.41) is 13.1. The van der Waals surface area contributed by atoms with E-state index in [4.69, 9.17) is 5.73 Å². The molecule has 0 saturated carbocycles. The molecule has 0 fully saturated rings. The predicted octanol–water partition coefficient (Wildman–Crippen LogP) is 8.30. The maximum atomic E-state index is 11.8. The number of nitrogens with zero attached hydrogens (tertiary/aromatic N) is 8. The number of aromatic nitrogens is 8. The Morgan fingerprint density at radius 1 is 0.593 bits per heavy atom. The standard InChI is InChI=1S/C22H19N5O2.C20H17N5O.C2H3ClO/c1-13-6-4-9-22(24-13)27-21-11-16(19-8-5-7-18(26-19)14(2)28)10-20(25-15(3)29)17(21)12-23-27;1-12-5-3-8-20(23-12)25-19-10-14(9-16(21)15(19)11-22-25)18-7-4-6-17(24-18)13(2)26;1-2(3)4/h4-12H,1-3H3,(H,25,29);3-11H,21H2,1-2H3;1H3. The lowest BCUT2D eigenvalue weighted by Gasteiger charge is -2.10. The van der Waals surface area contributed by atoms with Crippen molar-refractivity contribution in [3.63, 3.8) is 0 Å². The van der Waals surface area contributed by atoms with Gasteiger partial charge in [-0.2, -0.15) is 10.2 Å². The van der Waals surface area contributed by atoms with Gasteiger partial charge in [-0.1, -0.05) is 24.3 Å². The second kappa shape index (κ2) is 17.8. The van der Waals surface area contributed by atoms with E-state index in [0.29, 0.717) is 40.0 Å². The van der Waals surface area contributed by atoms with Crippen LogP contribution in [0, 0.1) is 13.8 Å². The molecule has 296 valence electrons. The summed E-state index contributed by atoms with van der Waals surface area (Å²) in [6.07, 6.45) is 3.44. The van der Waals surface area contributed by atoms with E-state index in [-0.39, 0.29) is 22.7 Å². The summed E-state index contributed by atoms with van der Waals surface area (Å²) in [7, 11) is 0. The highest BCUT2D eigenvalue weighted by atomic mass is 35.5. The molecule has 0 atom stereocenters. The lowest BCUT2D eigenvalue weighted by atomic mass is 10.1. The number of carbonyl (C=O) groups excluding carboxylic acids is 4. The van der Waals surface area contributed by atoms with Gasteiger partial charge in [0.2, 0.25) is 11.1 Å². The SMILES string of the molecule is CC(=O)Cl.CC(=O)Nc1cc(-c2cccc(C(C)=O)n2)cc2c1cnn2-c1cccc(C)n1.CC(=O)c1cccc(-c2cc(N)c3cnn(-c4cccc(C)n4)c3c2)n1. The Bertz CT molecular complexity index is 2900. The number of rotatable bonds is 7. The van der Waals surface area contributed by atoms with E-state index in [1.165, 1.54) is 27.7 Å². The molecule has 15 heteroatoms. The van der Waals surface area contributed by atoms with Crippen molar-refractivity contribution in [1.29, 1.82) is 0 Å². The second-order valence-corrected chi connectivity index (χ2v) is 14.0. The lowest BCUT2D eigenvalue weighted by Crippen LogP contribution is -2.07. The number of benzene rings is 2. The van der Waals surface area contributed by atoms with E-state index < -0.39 is 0 Å². The van der Waals surface area contributed by atoms with Crippen molar-refractivity contribution in [2.45, 2.75) is 41.5 Å². The third-order valence-corrected chi connectivity index (χ3v) is 8.71. The number of ketones is 2. The summed E-state index contributed by atoms with van der Waals surface area (Å²) < 4.78 is 3.49. The quantitative estimate of drug-likeness (QED) is 0.0894. The van der Waals surface area contributed by atoms with Gasteiger partial charge < -0.3 is 11.1 Å². The summed E-state index contributed by atoms with van der Waals surface area (Å²) in [5.74, 6) is 1.03. The van der Waals surface area contributed by atoms with Crippen LogP contribution in [-0.2, 0) is 9.59 Å². The normalized spacial score (nSPS) is 10.6. The first-order valence-corrected chi connectivity index (χ1v) is 18.6. The number of hydrogen-bond acceptors (Lipinski definition) is 11. The van der Waals surface area contributed by atoms with Crippen molar-refractivity contribution < 1.29 is 19.2 Å². The molecule has 0 unspecified atom stereocenters. The summed E-state index contributed by atoms with van der Waals surface area (Å²) in [6, 6.07) is 29.8. The molecule has 6 aromatic heterocycles. The zero-order valence-electron chi connectivity index (χ0n) is 33.1. The summed E-state index contributed by atoms with van der Waals surface area (Å²) in [4.78, 5) is 62.3. The van der Waals surface area contributed by atoms with Crippen LogP contribution in [0.1, 0.15) is 60.1 Å². The van der Waals surface area contributed by atoms with Crippen LogP contribution in [0.15, 0.2) is 109 Å². The van der Waals surface area contributed by atoms with Crippen LogP contribution < -0.4 is 11.1 Å². The highest BCUT2D eigenvalue weighted by Gasteiger charge is 2.16. The molecule has 3 N–H and O–H groups in total. The molecular weight excluding hydrogens is 768 g/mol. The Kier molecular flexibility index (Phi) is 12.4. The van der Waals surface area contributed by atoms with Crippen LogP contribution in [0.2, 0.25) is 0 Å². The smallest absolute Gasteiger partial charge is 0.221 e. The fraction of sp³-hybridized carbons (Fsp3) is 0.136. The first-order valence-electron chi connectivity index (χ1n) is 18.3. The highest BCUT2D eigenvalue weighted by molar-refractivity contribution is 6.62. The number of nitrogen functional groups attached to an aromatic ring is 1. The minimum absolute atomic E-state index is 0.0742. The number of pyridine rings is 4. The number of anilines is 2. The molecule has 1 amide bonds. The summed E-state index contributed by atoms with van der Waals surface area (Å²) >= 11 is 4.64. The second-order valence-electron chi connectivity index (χ2n) is 13.4. The molecule has 8 aromatic rings. The fourth-order valence-corrected chi connectivity index (χ4v) is 6.11. The topological polar surface area (TPSA) is 194 Å². The number of amides is 1. The maximum absolute atomic E-state index is 11.8. The molecule has 0 saturated heterocycles. The van der Waals surface area contributed by atoms with Gasteiger partial charge in [-0.3, -0.25) is 19.2 Å². The largest absolute Gasteiger partial charge is 0.398 e.